The molecular formula is C19H14F2N2OS3. The maximum Gasteiger partial charge on any atom is 0.257 e. The Labute approximate surface area is 167 Å². The number of rotatable bonds is 4. The van der Waals surface area contributed by atoms with E-state index in [4.69, 9.17) is 0 Å². The van der Waals surface area contributed by atoms with Gasteiger partial charge in [-0.3, -0.25) is 10.1 Å². The Kier molecular flexibility index (Phi) is 5.47. The first-order valence-electron chi connectivity index (χ1n) is 8.15. The average Bonchev–Trinajstić information content (AvgIpc) is 3.36. The predicted octanol–water partition coefficient (Wildman–Crippen LogP) is 5.82. The highest BCUT2D eigenvalue weighted by atomic mass is 32.2. The lowest BCUT2D eigenvalue weighted by Gasteiger charge is -2.09. The molecule has 1 N–H and O–H groups in total. The number of benzene rings is 2. The van der Waals surface area contributed by atoms with Crippen molar-refractivity contribution in [2.45, 2.75) is 4.58 Å². The fourth-order valence-corrected chi connectivity index (χ4v) is 6.21. The first-order valence-corrected chi connectivity index (χ1v) is 11.1. The van der Waals surface area contributed by atoms with Gasteiger partial charge in [-0.15, -0.1) is 34.9 Å². The second-order valence-electron chi connectivity index (χ2n) is 5.82. The molecule has 1 amide bonds. The van der Waals surface area contributed by atoms with E-state index in [1.54, 1.807) is 5.38 Å². The molecule has 1 aliphatic rings. The molecule has 0 saturated carbocycles. The summed E-state index contributed by atoms with van der Waals surface area (Å²) in [5.41, 5.74) is 2.71. The van der Waals surface area contributed by atoms with Crippen molar-refractivity contribution >= 4 is 45.9 Å². The van der Waals surface area contributed by atoms with Gasteiger partial charge >= 0.3 is 0 Å². The number of halogens is 2. The molecule has 1 aromatic heterocycles. The van der Waals surface area contributed by atoms with Crippen molar-refractivity contribution in [1.82, 2.24) is 4.98 Å². The average molecular weight is 421 g/mol. The van der Waals surface area contributed by atoms with Crippen molar-refractivity contribution in [2.24, 2.45) is 0 Å². The highest BCUT2D eigenvalue weighted by Crippen LogP contribution is 2.45. The van der Waals surface area contributed by atoms with Crippen LogP contribution in [0.5, 0.6) is 0 Å². The Morgan fingerprint density at radius 1 is 1.04 bits per heavy atom. The van der Waals surface area contributed by atoms with Crippen LogP contribution in [0.25, 0.3) is 11.3 Å². The Hall–Kier alpha value is -1.90. The molecule has 0 spiro atoms. The Morgan fingerprint density at radius 2 is 1.78 bits per heavy atom. The van der Waals surface area contributed by atoms with Crippen LogP contribution in [-0.4, -0.2) is 22.4 Å². The minimum atomic E-state index is -0.926. The van der Waals surface area contributed by atoms with E-state index in [-0.39, 0.29) is 5.91 Å². The lowest BCUT2D eigenvalue weighted by molar-refractivity contribution is 0.102. The van der Waals surface area contributed by atoms with Crippen molar-refractivity contribution in [1.29, 1.82) is 0 Å². The second kappa shape index (κ2) is 8.00. The third-order valence-electron chi connectivity index (χ3n) is 4.01. The highest BCUT2D eigenvalue weighted by molar-refractivity contribution is 8.19. The van der Waals surface area contributed by atoms with Gasteiger partial charge in [-0.1, -0.05) is 12.1 Å². The van der Waals surface area contributed by atoms with Crippen LogP contribution in [0.2, 0.25) is 0 Å². The quantitative estimate of drug-likeness (QED) is 0.578. The number of hydrogen-bond donors (Lipinski definition) is 1. The van der Waals surface area contributed by atoms with E-state index in [1.807, 2.05) is 47.8 Å². The molecule has 1 aliphatic heterocycles. The van der Waals surface area contributed by atoms with Gasteiger partial charge in [0, 0.05) is 28.0 Å². The lowest BCUT2D eigenvalue weighted by Crippen LogP contribution is -2.11. The molecule has 0 bridgehead atoms. The predicted molar refractivity (Wildman–Crippen MR) is 110 cm³/mol. The van der Waals surface area contributed by atoms with Crippen LogP contribution in [0.1, 0.15) is 20.5 Å². The van der Waals surface area contributed by atoms with Gasteiger partial charge in [-0.25, -0.2) is 13.8 Å². The van der Waals surface area contributed by atoms with Gasteiger partial charge in [0.2, 0.25) is 0 Å². The summed E-state index contributed by atoms with van der Waals surface area (Å²) in [6, 6.07) is 11.2. The molecule has 3 aromatic rings. The summed E-state index contributed by atoms with van der Waals surface area (Å²) in [4.78, 5) is 16.7. The summed E-state index contributed by atoms with van der Waals surface area (Å²) in [5.74, 6) is 0.230. The summed E-state index contributed by atoms with van der Waals surface area (Å²) in [6.45, 7) is 0. The van der Waals surface area contributed by atoms with Crippen LogP contribution in [0.4, 0.5) is 13.9 Å². The van der Waals surface area contributed by atoms with E-state index in [9.17, 15) is 13.6 Å². The number of nitrogens with zero attached hydrogens (tertiary/aromatic N) is 1. The van der Waals surface area contributed by atoms with E-state index in [2.05, 4.69) is 10.3 Å². The number of aromatic nitrogens is 1. The first-order chi connectivity index (χ1) is 13.1. The molecule has 0 radical (unpaired) electrons. The number of carbonyl (C=O) groups excluding carboxylic acids is 1. The zero-order valence-electron chi connectivity index (χ0n) is 13.9. The van der Waals surface area contributed by atoms with Gasteiger partial charge in [0.05, 0.1) is 10.3 Å². The summed E-state index contributed by atoms with van der Waals surface area (Å²) in [6.07, 6.45) is 0. The van der Waals surface area contributed by atoms with Gasteiger partial charge in [0.15, 0.2) is 16.8 Å². The van der Waals surface area contributed by atoms with Crippen LogP contribution >= 0.6 is 34.9 Å². The Morgan fingerprint density at radius 3 is 2.48 bits per heavy atom. The van der Waals surface area contributed by atoms with Gasteiger partial charge in [-0.05, 0) is 35.9 Å². The highest BCUT2D eigenvalue weighted by Gasteiger charge is 2.18. The third-order valence-corrected chi connectivity index (χ3v) is 7.87. The summed E-state index contributed by atoms with van der Waals surface area (Å²) in [5, 5.41) is 4.86. The third kappa shape index (κ3) is 4.17. The molecule has 27 heavy (non-hydrogen) atoms. The van der Waals surface area contributed by atoms with Crippen LogP contribution in [0, 0.1) is 11.6 Å². The number of anilines is 1. The van der Waals surface area contributed by atoms with Crippen LogP contribution in [0.15, 0.2) is 47.8 Å². The van der Waals surface area contributed by atoms with E-state index >= 15 is 0 Å². The molecule has 8 heteroatoms. The van der Waals surface area contributed by atoms with Gasteiger partial charge in [0.25, 0.3) is 5.91 Å². The molecule has 2 aromatic carbocycles. The summed E-state index contributed by atoms with van der Waals surface area (Å²) >= 11 is 5.07. The fraction of sp³-hybridized carbons (Fsp3) is 0.158. The molecule has 0 unspecified atom stereocenters. The number of carbonyl (C=O) groups is 1. The van der Waals surface area contributed by atoms with Crippen molar-refractivity contribution in [3.8, 4) is 11.3 Å². The van der Waals surface area contributed by atoms with Gasteiger partial charge in [0.1, 0.15) is 0 Å². The van der Waals surface area contributed by atoms with Crippen LogP contribution in [0.3, 0.4) is 0 Å². The zero-order valence-corrected chi connectivity index (χ0v) is 16.4. The SMILES string of the molecule is O=C(Nc1nc(-c2ccc(F)c(F)c2)cs1)c1ccc(C2SCCS2)cc1. The minimum absolute atomic E-state index is 0.250. The van der Waals surface area contributed by atoms with E-state index in [1.165, 1.54) is 23.0 Å². The van der Waals surface area contributed by atoms with Gasteiger partial charge in [-0.2, -0.15) is 0 Å². The molecule has 1 saturated heterocycles. The Balaban J connectivity index is 1.45. The van der Waals surface area contributed by atoms with Crippen molar-refractivity contribution in [3.63, 3.8) is 0 Å². The van der Waals surface area contributed by atoms with Gasteiger partial charge < -0.3 is 0 Å². The summed E-state index contributed by atoms with van der Waals surface area (Å²) < 4.78 is 26.9. The first kappa shape index (κ1) is 18.5. The largest absolute Gasteiger partial charge is 0.298 e. The molecule has 138 valence electrons. The van der Waals surface area contributed by atoms with Crippen LogP contribution < -0.4 is 5.32 Å². The topological polar surface area (TPSA) is 42.0 Å². The van der Waals surface area contributed by atoms with Crippen LogP contribution in [-0.2, 0) is 0 Å². The smallest absolute Gasteiger partial charge is 0.257 e. The zero-order chi connectivity index (χ0) is 18.8. The molecule has 3 nitrogen and oxygen atoms in total. The normalized spacial score (nSPS) is 14.4. The molecule has 4 rings (SSSR count). The standard InChI is InChI=1S/C19H14F2N2OS3/c20-14-6-5-13(9-15(14)21)16-10-27-19(22-16)23-17(24)11-1-3-12(4-2-11)18-25-7-8-26-18/h1-6,9-10,18H,7-8H2,(H,22,23,24). The van der Waals surface area contributed by atoms with Crippen molar-refractivity contribution in [2.75, 3.05) is 16.8 Å². The summed E-state index contributed by atoms with van der Waals surface area (Å²) in [7, 11) is 0. The number of nitrogens with one attached hydrogen (secondary N) is 1. The van der Waals surface area contributed by atoms with Crippen molar-refractivity contribution in [3.05, 3.63) is 70.6 Å². The minimum Gasteiger partial charge on any atom is -0.298 e. The van der Waals surface area contributed by atoms with Crippen molar-refractivity contribution < 1.29 is 13.6 Å². The van der Waals surface area contributed by atoms with E-state index in [0.29, 0.717) is 26.5 Å². The number of amides is 1. The number of thioether (sulfide) groups is 2. The fourth-order valence-electron chi connectivity index (χ4n) is 2.63. The second-order valence-corrected chi connectivity index (χ2v) is 9.40. The molecular weight excluding hydrogens is 406 g/mol. The monoisotopic (exact) mass is 420 g/mol. The maximum atomic E-state index is 13.4. The number of hydrogen-bond acceptors (Lipinski definition) is 5. The molecule has 0 atom stereocenters. The van der Waals surface area contributed by atoms with E-state index in [0.717, 1.165) is 23.6 Å². The van der Waals surface area contributed by atoms with E-state index < -0.39 is 11.6 Å². The maximum absolute atomic E-state index is 13.4. The lowest BCUT2D eigenvalue weighted by atomic mass is 10.1. The molecule has 1 fully saturated rings. The number of thiazole rings is 1. The molecule has 2 heterocycles. The molecule has 0 aliphatic carbocycles. The Bertz CT molecular complexity index is 969.